The number of aliphatic carboxylic acids is 1. The van der Waals surface area contributed by atoms with Crippen LogP contribution in [0.4, 0.5) is 10.1 Å². The van der Waals surface area contributed by atoms with Gasteiger partial charge in [0.1, 0.15) is 11.6 Å². The van der Waals surface area contributed by atoms with Crippen molar-refractivity contribution in [1.29, 1.82) is 0 Å². The molecule has 0 spiro atoms. The number of hydrogen-bond acceptors (Lipinski definition) is 4. The molecule has 0 aromatic heterocycles. The predicted octanol–water partition coefficient (Wildman–Crippen LogP) is 2.69. The first-order valence-corrected chi connectivity index (χ1v) is 7.72. The summed E-state index contributed by atoms with van der Waals surface area (Å²) in [6, 6.07) is 1.97. The van der Waals surface area contributed by atoms with Gasteiger partial charge in [-0.3, -0.25) is 9.59 Å². The van der Waals surface area contributed by atoms with Crippen LogP contribution in [0, 0.1) is 5.82 Å². The van der Waals surface area contributed by atoms with Crippen molar-refractivity contribution in [3.8, 4) is 5.75 Å². The van der Waals surface area contributed by atoms with Crippen LogP contribution in [0.3, 0.4) is 0 Å². The maximum Gasteiger partial charge on any atom is 0.341 e. The van der Waals surface area contributed by atoms with Crippen LogP contribution in [0.15, 0.2) is 23.3 Å². The number of carbonyl (C=O) groups is 3. The average Bonchev–Trinajstić information content (AvgIpc) is 2.79. The van der Waals surface area contributed by atoms with E-state index in [1.165, 1.54) is 0 Å². The van der Waals surface area contributed by atoms with Crippen molar-refractivity contribution in [3.63, 3.8) is 0 Å². The molecule has 0 unspecified atom stereocenters. The summed E-state index contributed by atoms with van der Waals surface area (Å²) in [6.07, 6.45) is 2.60. The topological polar surface area (TPSA) is 83.9 Å². The molecule has 1 aliphatic carbocycles. The van der Waals surface area contributed by atoms with Gasteiger partial charge in [0.05, 0.1) is 10.7 Å². The van der Waals surface area contributed by atoms with E-state index in [-0.39, 0.29) is 16.5 Å². The van der Waals surface area contributed by atoms with Gasteiger partial charge in [-0.05, 0) is 31.7 Å². The van der Waals surface area contributed by atoms with Gasteiger partial charge in [-0.1, -0.05) is 11.6 Å². The van der Waals surface area contributed by atoms with E-state index in [4.69, 9.17) is 21.4 Å². The number of nitrogens with zero attached hydrogens (tertiary/aromatic N) is 1. The molecule has 0 atom stereocenters. The smallest absolute Gasteiger partial charge is 0.341 e. The number of carboxylic acid groups (broad SMARTS) is 1. The molecule has 8 heteroatoms. The fraction of sp³-hybridized carbons (Fsp3) is 0.312. The van der Waals surface area contributed by atoms with Crippen molar-refractivity contribution < 1.29 is 28.6 Å². The molecule has 0 radical (unpaired) electrons. The minimum atomic E-state index is -1.23. The Morgan fingerprint density at radius 2 is 1.79 bits per heavy atom. The van der Waals surface area contributed by atoms with Gasteiger partial charge in [-0.15, -0.1) is 0 Å². The normalized spacial score (nSPS) is 17.3. The van der Waals surface area contributed by atoms with Gasteiger partial charge in [-0.2, -0.15) is 0 Å². The number of rotatable bonds is 4. The highest BCUT2D eigenvalue weighted by molar-refractivity contribution is 6.34. The van der Waals surface area contributed by atoms with Crippen LogP contribution >= 0.6 is 11.6 Å². The van der Waals surface area contributed by atoms with Gasteiger partial charge in [-0.25, -0.2) is 14.1 Å². The second-order valence-corrected chi connectivity index (χ2v) is 5.93. The van der Waals surface area contributed by atoms with Crippen LogP contribution in [-0.2, 0) is 14.4 Å². The summed E-state index contributed by atoms with van der Waals surface area (Å²) in [5.74, 6) is -3.28. The summed E-state index contributed by atoms with van der Waals surface area (Å²) < 4.78 is 19.3. The largest absolute Gasteiger partial charge is 0.480 e. The number of ether oxygens (including phenoxy) is 1. The summed E-state index contributed by atoms with van der Waals surface area (Å²) in [5, 5.41) is 8.51. The second kappa shape index (κ2) is 6.24. The number of halogens is 2. The molecule has 1 aromatic carbocycles. The number of amides is 2. The number of hydrogen-bond donors (Lipinski definition) is 1. The minimum Gasteiger partial charge on any atom is -0.480 e. The summed E-state index contributed by atoms with van der Waals surface area (Å²) in [6.45, 7) is -0.679. The number of benzene rings is 1. The third-order valence-corrected chi connectivity index (χ3v) is 4.28. The second-order valence-electron chi connectivity index (χ2n) is 5.53. The van der Waals surface area contributed by atoms with Gasteiger partial charge in [0.25, 0.3) is 11.8 Å². The van der Waals surface area contributed by atoms with E-state index in [1.54, 1.807) is 0 Å². The van der Waals surface area contributed by atoms with Gasteiger partial charge in [0, 0.05) is 17.2 Å². The zero-order valence-electron chi connectivity index (χ0n) is 12.5. The Hall–Kier alpha value is -2.41. The summed E-state index contributed by atoms with van der Waals surface area (Å²) in [7, 11) is 0. The number of carboxylic acids is 1. The maximum atomic E-state index is 14.3. The molecule has 1 heterocycles. The molecule has 2 aliphatic rings. The zero-order chi connectivity index (χ0) is 17.4. The lowest BCUT2D eigenvalue weighted by Gasteiger charge is -2.17. The maximum absolute atomic E-state index is 14.3. The molecule has 126 valence electrons. The van der Waals surface area contributed by atoms with E-state index >= 15 is 0 Å². The van der Waals surface area contributed by atoms with Crippen molar-refractivity contribution in [2.75, 3.05) is 11.5 Å². The predicted molar refractivity (Wildman–Crippen MR) is 82.5 cm³/mol. The molecular formula is C16H13ClFNO5. The monoisotopic (exact) mass is 353 g/mol. The molecular weight excluding hydrogens is 341 g/mol. The van der Waals surface area contributed by atoms with E-state index in [9.17, 15) is 18.8 Å². The number of anilines is 1. The van der Waals surface area contributed by atoms with Crippen molar-refractivity contribution in [3.05, 3.63) is 34.1 Å². The fourth-order valence-corrected chi connectivity index (χ4v) is 3.10. The summed E-state index contributed by atoms with van der Waals surface area (Å²) >= 11 is 5.83. The highest BCUT2D eigenvalue weighted by Gasteiger charge is 2.41. The summed E-state index contributed by atoms with van der Waals surface area (Å²) in [5.41, 5.74) is 0.561. The fourth-order valence-electron chi connectivity index (χ4n) is 2.90. The molecule has 3 rings (SSSR count). The first-order valence-electron chi connectivity index (χ1n) is 7.34. The molecule has 1 aromatic rings. The van der Waals surface area contributed by atoms with Crippen molar-refractivity contribution in [1.82, 2.24) is 0 Å². The Bertz CT molecular complexity index is 761. The first-order chi connectivity index (χ1) is 11.4. The third kappa shape index (κ3) is 2.75. The first kappa shape index (κ1) is 16.4. The van der Waals surface area contributed by atoms with Crippen LogP contribution in [0.5, 0.6) is 5.75 Å². The van der Waals surface area contributed by atoms with Crippen molar-refractivity contribution in [2.45, 2.75) is 25.7 Å². The Morgan fingerprint density at radius 3 is 2.33 bits per heavy atom. The number of imide groups is 1. The molecule has 0 saturated carbocycles. The molecule has 1 aliphatic heterocycles. The molecule has 0 fully saturated rings. The Morgan fingerprint density at radius 1 is 1.21 bits per heavy atom. The highest BCUT2D eigenvalue weighted by atomic mass is 35.5. The summed E-state index contributed by atoms with van der Waals surface area (Å²) in [4.78, 5) is 36.3. The molecule has 0 saturated heterocycles. The van der Waals surface area contributed by atoms with Gasteiger partial charge < -0.3 is 9.84 Å². The van der Waals surface area contributed by atoms with E-state index < -0.39 is 30.2 Å². The van der Waals surface area contributed by atoms with E-state index in [0.29, 0.717) is 24.0 Å². The Kier molecular flexibility index (Phi) is 4.28. The van der Waals surface area contributed by atoms with E-state index in [2.05, 4.69) is 0 Å². The lowest BCUT2D eigenvalue weighted by Crippen LogP contribution is -2.32. The van der Waals surface area contributed by atoms with Gasteiger partial charge >= 0.3 is 5.97 Å². The van der Waals surface area contributed by atoms with Crippen LogP contribution in [0.25, 0.3) is 0 Å². The standard InChI is InChI=1S/C16H13ClFNO5/c17-10-5-11(18)12(6-13(10)24-7-14(20)21)19-15(22)8-3-1-2-4-9(8)16(19)23/h5-6H,1-4,7H2,(H,20,21). The van der Waals surface area contributed by atoms with Crippen LogP contribution in [0.1, 0.15) is 25.7 Å². The Labute approximate surface area is 141 Å². The van der Waals surface area contributed by atoms with Crippen molar-refractivity contribution >= 4 is 35.1 Å². The van der Waals surface area contributed by atoms with Crippen LogP contribution < -0.4 is 9.64 Å². The van der Waals surface area contributed by atoms with Gasteiger partial charge in [0.2, 0.25) is 0 Å². The highest BCUT2D eigenvalue weighted by Crippen LogP contribution is 2.39. The van der Waals surface area contributed by atoms with Crippen LogP contribution in [-0.4, -0.2) is 29.5 Å². The molecule has 6 nitrogen and oxygen atoms in total. The number of carbonyl (C=O) groups excluding carboxylic acids is 2. The SMILES string of the molecule is O=C(O)COc1cc(N2C(=O)C3=C(CCCC3)C2=O)c(F)cc1Cl. The molecule has 0 bridgehead atoms. The molecule has 2 amide bonds. The lowest BCUT2D eigenvalue weighted by atomic mass is 9.93. The molecule has 24 heavy (non-hydrogen) atoms. The lowest BCUT2D eigenvalue weighted by molar-refractivity contribution is -0.139. The van der Waals surface area contributed by atoms with E-state index in [1.807, 2.05) is 0 Å². The van der Waals surface area contributed by atoms with Crippen LogP contribution in [0.2, 0.25) is 5.02 Å². The van der Waals surface area contributed by atoms with Crippen molar-refractivity contribution in [2.24, 2.45) is 0 Å². The Balaban J connectivity index is 1.97. The van der Waals surface area contributed by atoms with Gasteiger partial charge in [0.15, 0.2) is 6.61 Å². The quantitative estimate of drug-likeness (QED) is 0.841. The average molecular weight is 354 g/mol. The zero-order valence-corrected chi connectivity index (χ0v) is 13.2. The molecule has 1 N–H and O–H groups in total. The minimum absolute atomic E-state index is 0.110. The van der Waals surface area contributed by atoms with E-state index in [0.717, 1.165) is 29.9 Å². The third-order valence-electron chi connectivity index (χ3n) is 3.98.